The number of benzene rings is 1. The zero-order chi connectivity index (χ0) is 13.0. The minimum Gasteiger partial charge on any atom is -0.397 e. The van der Waals surface area contributed by atoms with E-state index in [-0.39, 0.29) is 5.91 Å². The Morgan fingerprint density at radius 3 is 3.00 bits per heavy atom. The number of carbonyl (C=O) groups excluding carboxylic acids is 1. The molecule has 0 aliphatic heterocycles. The van der Waals surface area contributed by atoms with Crippen LogP contribution in [-0.2, 0) is 0 Å². The monoisotopic (exact) mass is 264 g/mol. The molecular formula is C14H17ClN2O. The second kappa shape index (κ2) is 5.91. The molecule has 1 aliphatic carbocycles. The Balaban J connectivity index is 1.95. The van der Waals surface area contributed by atoms with Gasteiger partial charge in [-0.3, -0.25) is 4.79 Å². The van der Waals surface area contributed by atoms with Gasteiger partial charge in [-0.2, -0.15) is 0 Å². The maximum absolute atomic E-state index is 12.0. The van der Waals surface area contributed by atoms with E-state index in [0.717, 1.165) is 19.3 Å². The summed E-state index contributed by atoms with van der Waals surface area (Å²) in [6, 6.07) is 5.11. The van der Waals surface area contributed by atoms with Gasteiger partial charge in [0, 0.05) is 6.54 Å². The Bertz CT molecular complexity index is 471. The minimum atomic E-state index is -0.149. The number of rotatable bonds is 3. The van der Waals surface area contributed by atoms with Crippen molar-refractivity contribution in [1.82, 2.24) is 5.32 Å². The molecule has 0 aromatic heterocycles. The highest BCUT2D eigenvalue weighted by Gasteiger charge is 2.14. The molecule has 96 valence electrons. The average Bonchev–Trinajstić information content (AvgIpc) is 2.40. The lowest BCUT2D eigenvalue weighted by molar-refractivity contribution is 0.0947. The Morgan fingerprint density at radius 2 is 2.28 bits per heavy atom. The Morgan fingerprint density at radius 1 is 1.44 bits per heavy atom. The predicted octanol–water partition coefficient (Wildman–Crippen LogP) is 3.01. The van der Waals surface area contributed by atoms with Gasteiger partial charge in [-0.05, 0) is 37.3 Å². The average molecular weight is 265 g/mol. The van der Waals surface area contributed by atoms with Crippen LogP contribution in [0.25, 0.3) is 0 Å². The lowest BCUT2D eigenvalue weighted by Gasteiger charge is -2.18. The first-order valence-corrected chi connectivity index (χ1v) is 6.53. The SMILES string of the molecule is Nc1c(Cl)cccc1C(=O)NCC1CC=CCC1. The number of hydrogen-bond donors (Lipinski definition) is 2. The summed E-state index contributed by atoms with van der Waals surface area (Å²) >= 11 is 5.89. The van der Waals surface area contributed by atoms with Crippen molar-refractivity contribution in [1.29, 1.82) is 0 Å². The van der Waals surface area contributed by atoms with Crippen LogP contribution in [0.5, 0.6) is 0 Å². The number of carbonyl (C=O) groups is 1. The first-order valence-electron chi connectivity index (χ1n) is 6.15. The summed E-state index contributed by atoms with van der Waals surface area (Å²) in [7, 11) is 0. The number of halogens is 1. The fraction of sp³-hybridized carbons (Fsp3) is 0.357. The summed E-state index contributed by atoms with van der Waals surface area (Å²) < 4.78 is 0. The van der Waals surface area contributed by atoms with Crippen molar-refractivity contribution in [3.05, 3.63) is 40.9 Å². The second-order valence-electron chi connectivity index (χ2n) is 4.56. The van der Waals surface area contributed by atoms with E-state index in [1.165, 1.54) is 0 Å². The molecule has 4 heteroatoms. The van der Waals surface area contributed by atoms with E-state index in [9.17, 15) is 4.79 Å². The van der Waals surface area contributed by atoms with E-state index in [2.05, 4.69) is 17.5 Å². The summed E-state index contributed by atoms with van der Waals surface area (Å²) in [6.07, 6.45) is 7.62. The van der Waals surface area contributed by atoms with E-state index in [4.69, 9.17) is 17.3 Å². The van der Waals surface area contributed by atoms with Gasteiger partial charge in [-0.25, -0.2) is 0 Å². The molecule has 0 fully saturated rings. The summed E-state index contributed by atoms with van der Waals surface area (Å²) in [4.78, 5) is 12.0. The Kier molecular flexibility index (Phi) is 4.26. The Hall–Kier alpha value is -1.48. The van der Waals surface area contributed by atoms with Crippen LogP contribution in [0, 0.1) is 5.92 Å². The summed E-state index contributed by atoms with van der Waals surface area (Å²) in [5, 5.41) is 3.34. The highest BCUT2D eigenvalue weighted by molar-refractivity contribution is 6.33. The normalized spacial score (nSPS) is 18.6. The molecule has 1 aromatic rings. The third-order valence-electron chi connectivity index (χ3n) is 3.23. The topological polar surface area (TPSA) is 55.1 Å². The minimum absolute atomic E-state index is 0.149. The molecule has 0 bridgehead atoms. The van der Waals surface area contributed by atoms with Gasteiger partial charge in [-0.15, -0.1) is 0 Å². The zero-order valence-electron chi connectivity index (χ0n) is 10.2. The van der Waals surface area contributed by atoms with E-state index < -0.39 is 0 Å². The molecule has 3 N–H and O–H groups in total. The largest absolute Gasteiger partial charge is 0.397 e. The smallest absolute Gasteiger partial charge is 0.253 e. The molecule has 1 aliphatic rings. The fourth-order valence-electron chi connectivity index (χ4n) is 2.11. The van der Waals surface area contributed by atoms with Gasteiger partial charge in [0.15, 0.2) is 0 Å². The molecule has 0 saturated heterocycles. The van der Waals surface area contributed by atoms with E-state index in [1.54, 1.807) is 18.2 Å². The highest BCUT2D eigenvalue weighted by Crippen LogP contribution is 2.22. The molecule has 0 saturated carbocycles. The number of nitrogens with two attached hydrogens (primary N) is 1. The molecule has 3 nitrogen and oxygen atoms in total. The van der Waals surface area contributed by atoms with Crippen molar-refractivity contribution < 1.29 is 4.79 Å². The van der Waals surface area contributed by atoms with Gasteiger partial charge in [0.2, 0.25) is 0 Å². The first kappa shape index (κ1) is 13.0. The molecule has 1 aromatic carbocycles. The Labute approximate surface area is 112 Å². The maximum atomic E-state index is 12.0. The van der Waals surface area contributed by atoms with Crippen molar-refractivity contribution in [2.45, 2.75) is 19.3 Å². The lowest BCUT2D eigenvalue weighted by atomic mass is 9.94. The number of anilines is 1. The molecule has 0 heterocycles. The standard InChI is InChI=1S/C14H17ClN2O/c15-12-8-4-7-11(13(12)16)14(18)17-9-10-5-2-1-3-6-10/h1-2,4,7-8,10H,3,5-6,9,16H2,(H,17,18). The van der Waals surface area contributed by atoms with Gasteiger partial charge in [-0.1, -0.05) is 29.8 Å². The molecule has 0 radical (unpaired) electrons. The molecule has 1 unspecified atom stereocenters. The van der Waals surface area contributed by atoms with Gasteiger partial charge in [0.25, 0.3) is 5.91 Å². The van der Waals surface area contributed by atoms with Crippen molar-refractivity contribution in [3.63, 3.8) is 0 Å². The van der Waals surface area contributed by atoms with Crippen LogP contribution < -0.4 is 11.1 Å². The van der Waals surface area contributed by atoms with Gasteiger partial charge in [0.1, 0.15) is 0 Å². The van der Waals surface area contributed by atoms with Crippen LogP contribution in [0.1, 0.15) is 29.6 Å². The highest BCUT2D eigenvalue weighted by atomic mass is 35.5. The number of allylic oxidation sites excluding steroid dienone is 2. The summed E-state index contributed by atoms with van der Waals surface area (Å²) in [6.45, 7) is 0.690. The number of nitrogen functional groups attached to an aromatic ring is 1. The van der Waals surface area contributed by atoms with Gasteiger partial charge < -0.3 is 11.1 Å². The van der Waals surface area contributed by atoms with Crippen LogP contribution in [0.2, 0.25) is 5.02 Å². The van der Waals surface area contributed by atoms with Crippen LogP contribution >= 0.6 is 11.6 Å². The quantitative estimate of drug-likeness (QED) is 0.651. The van der Waals surface area contributed by atoms with Crippen LogP contribution in [0.15, 0.2) is 30.4 Å². The molecule has 2 rings (SSSR count). The van der Waals surface area contributed by atoms with Gasteiger partial charge in [0.05, 0.1) is 16.3 Å². The first-order chi connectivity index (χ1) is 8.68. The molecule has 1 atom stereocenters. The van der Waals surface area contributed by atoms with Crippen molar-refractivity contribution in [2.24, 2.45) is 5.92 Å². The van der Waals surface area contributed by atoms with Crippen molar-refractivity contribution >= 4 is 23.2 Å². The second-order valence-corrected chi connectivity index (χ2v) is 4.97. The number of amides is 1. The maximum Gasteiger partial charge on any atom is 0.253 e. The molecule has 18 heavy (non-hydrogen) atoms. The molecule has 0 spiro atoms. The number of para-hydroxylation sites is 1. The fourth-order valence-corrected chi connectivity index (χ4v) is 2.28. The molecule has 1 amide bonds. The zero-order valence-corrected chi connectivity index (χ0v) is 10.9. The van der Waals surface area contributed by atoms with E-state index >= 15 is 0 Å². The third-order valence-corrected chi connectivity index (χ3v) is 3.56. The van der Waals surface area contributed by atoms with E-state index in [1.807, 2.05) is 0 Å². The lowest BCUT2D eigenvalue weighted by Crippen LogP contribution is -2.30. The third kappa shape index (κ3) is 3.05. The van der Waals surface area contributed by atoms with Crippen molar-refractivity contribution in [2.75, 3.05) is 12.3 Å². The summed E-state index contributed by atoms with van der Waals surface area (Å²) in [5.41, 5.74) is 6.59. The van der Waals surface area contributed by atoms with E-state index in [0.29, 0.717) is 28.7 Å². The number of hydrogen-bond acceptors (Lipinski definition) is 2. The number of nitrogens with one attached hydrogen (secondary N) is 1. The predicted molar refractivity (Wildman–Crippen MR) is 74.7 cm³/mol. The molecular weight excluding hydrogens is 248 g/mol. The van der Waals surface area contributed by atoms with Gasteiger partial charge >= 0.3 is 0 Å². The van der Waals surface area contributed by atoms with Crippen LogP contribution in [-0.4, -0.2) is 12.5 Å². The summed E-state index contributed by atoms with van der Waals surface area (Å²) in [5.74, 6) is 0.379. The van der Waals surface area contributed by atoms with Crippen molar-refractivity contribution in [3.8, 4) is 0 Å². The van der Waals surface area contributed by atoms with Crippen LogP contribution in [0.3, 0.4) is 0 Å². The van der Waals surface area contributed by atoms with Crippen LogP contribution in [0.4, 0.5) is 5.69 Å².